The van der Waals surface area contributed by atoms with Crippen molar-refractivity contribution in [2.45, 2.75) is 45.6 Å². The summed E-state index contributed by atoms with van der Waals surface area (Å²) in [6, 6.07) is 7.98. The molecule has 31 heavy (non-hydrogen) atoms. The van der Waals surface area contributed by atoms with Crippen molar-refractivity contribution in [3.05, 3.63) is 47.3 Å². The lowest BCUT2D eigenvalue weighted by atomic mass is 9.92. The summed E-state index contributed by atoms with van der Waals surface area (Å²) in [6.45, 7) is 5.76. The first-order chi connectivity index (χ1) is 14.9. The molecule has 0 atom stereocenters. The summed E-state index contributed by atoms with van der Waals surface area (Å²) in [5.74, 6) is 2.47. The van der Waals surface area contributed by atoms with Gasteiger partial charge in [0.25, 0.3) is 0 Å². The second-order valence-electron chi connectivity index (χ2n) is 8.70. The Bertz CT molecular complexity index is 1000. The highest BCUT2D eigenvalue weighted by Gasteiger charge is 2.23. The van der Waals surface area contributed by atoms with Crippen LogP contribution < -0.4 is 9.64 Å². The number of rotatable bonds is 7. The molecular weight excluding hydrogens is 412 g/mol. The highest BCUT2D eigenvalue weighted by molar-refractivity contribution is 7.88. The fourth-order valence-corrected chi connectivity index (χ4v) is 5.24. The van der Waals surface area contributed by atoms with E-state index < -0.39 is 10.0 Å². The van der Waals surface area contributed by atoms with Gasteiger partial charge in [0.2, 0.25) is 16.0 Å². The molecule has 1 fully saturated rings. The summed E-state index contributed by atoms with van der Waals surface area (Å²) in [7, 11) is -3.14. The molecule has 0 bridgehead atoms. The van der Waals surface area contributed by atoms with Gasteiger partial charge in [0.05, 0.1) is 12.9 Å². The van der Waals surface area contributed by atoms with E-state index in [1.807, 2.05) is 31.3 Å². The molecule has 168 valence electrons. The van der Waals surface area contributed by atoms with E-state index in [1.165, 1.54) is 35.4 Å². The van der Waals surface area contributed by atoms with Crippen molar-refractivity contribution in [1.29, 1.82) is 0 Å². The van der Waals surface area contributed by atoms with Gasteiger partial charge in [0.15, 0.2) is 0 Å². The van der Waals surface area contributed by atoms with E-state index in [4.69, 9.17) is 4.74 Å². The molecule has 0 aliphatic carbocycles. The lowest BCUT2D eigenvalue weighted by Crippen LogP contribution is -2.35. The zero-order chi connectivity index (χ0) is 21.8. The monoisotopic (exact) mass is 444 g/mol. The number of ether oxygens (including phenoxy) is 1. The molecule has 3 heterocycles. The number of sulfonamides is 1. The zero-order valence-corrected chi connectivity index (χ0v) is 19.3. The zero-order valence-electron chi connectivity index (χ0n) is 18.5. The molecule has 1 aromatic carbocycles. The second-order valence-corrected chi connectivity index (χ2v) is 10.7. The predicted octanol–water partition coefficient (Wildman–Crippen LogP) is 3.18. The normalized spacial score (nSPS) is 18.1. The van der Waals surface area contributed by atoms with Crippen LogP contribution in [0.3, 0.4) is 0 Å². The van der Waals surface area contributed by atoms with Crippen LogP contribution in [0.1, 0.15) is 42.5 Å². The molecular formula is C23H32N4O3S. The van der Waals surface area contributed by atoms with E-state index >= 15 is 0 Å². The van der Waals surface area contributed by atoms with E-state index in [-0.39, 0.29) is 0 Å². The summed E-state index contributed by atoms with van der Waals surface area (Å²) >= 11 is 0. The quantitative estimate of drug-likeness (QED) is 0.611. The molecule has 0 unspecified atom stereocenters. The van der Waals surface area contributed by atoms with Gasteiger partial charge >= 0.3 is 0 Å². The van der Waals surface area contributed by atoms with Gasteiger partial charge in [-0.2, -0.15) is 4.31 Å². The second kappa shape index (κ2) is 9.53. The van der Waals surface area contributed by atoms with Crippen LogP contribution in [-0.4, -0.2) is 55.2 Å². The Morgan fingerprint density at radius 1 is 1.13 bits per heavy atom. The average molecular weight is 445 g/mol. The predicted molar refractivity (Wildman–Crippen MR) is 122 cm³/mol. The molecule has 0 radical (unpaired) electrons. The number of fused-ring (bicyclic) bond motifs is 1. The molecule has 4 rings (SSSR count). The Labute approximate surface area is 185 Å². The number of aryl methyl sites for hydroxylation is 1. The number of nitrogens with zero attached hydrogens (tertiary/aromatic N) is 4. The minimum Gasteiger partial charge on any atom is -0.494 e. The van der Waals surface area contributed by atoms with Gasteiger partial charge in [0.1, 0.15) is 5.75 Å². The van der Waals surface area contributed by atoms with Gasteiger partial charge in [-0.15, -0.1) is 0 Å². The van der Waals surface area contributed by atoms with Crippen molar-refractivity contribution in [2.24, 2.45) is 5.92 Å². The Hall–Kier alpha value is -2.19. The van der Waals surface area contributed by atoms with Crippen molar-refractivity contribution in [3.63, 3.8) is 0 Å². The lowest BCUT2D eigenvalue weighted by Gasteiger charge is -2.32. The third kappa shape index (κ3) is 5.74. The molecule has 2 aromatic rings. The largest absolute Gasteiger partial charge is 0.494 e. The minimum atomic E-state index is -3.14. The third-order valence-electron chi connectivity index (χ3n) is 6.33. The third-order valence-corrected chi connectivity index (χ3v) is 7.58. The van der Waals surface area contributed by atoms with E-state index in [0.29, 0.717) is 13.1 Å². The lowest BCUT2D eigenvalue weighted by molar-refractivity contribution is 0.278. The van der Waals surface area contributed by atoms with Crippen LogP contribution in [0.15, 0.2) is 30.5 Å². The Balaban J connectivity index is 1.19. The highest BCUT2D eigenvalue weighted by atomic mass is 32.2. The van der Waals surface area contributed by atoms with E-state index in [2.05, 4.69) is 20.9 Å². The fourth-order valence-electron chi connectivity index (χ4n) is 4.45. The molecule has 8 heteroatoms. The van der Waals surface area contributed by atoms with Gasteiger partial charge in [-0.1, -0.05) is 6.07 Å². The Kier molecular flexibility index (Phi) is 6.77. The van der Waals surface area contributed by atoms with Crippen LogP contribution in [-0.2, 0) is 23.0 Å². The number of benzene rings is 1. The molecule has 1 aromatic heterocycles. The highest BCUT2D eigenvalue weighted by Crippen LogP contribution is 2.27. The maximum atomic E-state index is 11.8. The molecule has 2 aliphatic heterocycles. The average Bonchev–Trinajstić information content (AvgIpc) is 2.76. The van der Waals surface area contributed by atoms with Gasteiger partial charge in [0, 0.05) is 38.1 Å². The van der Waals surface area contributed by atoms with Gasteiger partial charge < -0.3 is 9.64 Å². The number of hydrogen-bond acceptors (Lipinski definition) is 6. The van der Waals surface area contributed by atoms with Gasteiger partial charge in [-0.25, -0.2) is 18.4 Å². The maximum absolute atomic E-state index is 11.8. The molecule has 0 amide bonds. The molecule has 7 nitrogen and oxygen atoms in total. The fraction of sp³-hybridized carbons (Fsp3) is 0.565. The van der Waals surface area contributed by atoms with E-state index in [9.17, 15) is 8.42 Å². The molecule has 0 spiro atoms. The van der Waals surface area contributed by atoms with Gasteiger partial charge in [-0.3, -0.25) is 0 Å². The Morgan fingerprint density at radius 3 is 2.68 bits per heavy atom. The standard InChI is InChI=1S/C23H32N4O3S/c1-18-7-11-24-23(25-18)26-12-8-19(9-13-26)4-3-15-30-22-6-5-21-17-27(31(2,28)29)14-10-20(21)16-22/h5-7,11,16,19H,3-4,8-10,12-15,17H2,1-2H3. The maximum Gasteiger partial charge on any atom is 0.225 e. The van der Waals surface area contributed by atoms with Crippen molar-refractivity contribution in [2.75, 3.05) is 37.4 Å². The number of anilines is 1. The summed E-state index contributed by atoms with van der Waals surface area (Å²) in [4.78, 5) is 11.2. The molecule has 0 N–H and O–H groups in total. The topological polar surface area (TPSA) is 75.6 Å². The van der Waals surface area contributed by atoms with Crippen LogP contribution in [0.2, 0.25) is 0 Å². The van der Waals surface area contributed by atoms with E-state index in [1.54, 1.807) is 0 Å². The first kappa shape index (κ1) is 22.0. The van der Waals surface area contributed by atoms with Crippen molar-refractivity contribution >= 4 is 16.0 Å². The first-order valence-electron chi connectivity index (χ1n) is 11.1. The number of piperidine rings is 1. The number of hydrogen-bond donors (Lipinski definition) is 0. The van der Waals surface area contributed by atoms with Crippen LogP contribution in [0.25, 0.3) is 0 Å². The van der Waals surface area contributed by atoms with Crippen LogP contribution >= 0.6 is 0 Å². The van der Waals surface area contributed by atoms with Crippen LogP contribution in [0.5, 0.6) is 5.75 Å². The van der Waals surface area contributed by atoms with Crippen LogP contribution in [0.4, 0.5) is 5.95 Å². The van der Waals surface area contributed by atoms with Gasteiger partial charge in [-0.05, 0) is 74.3 Å². The summed E-state index contributed by atoms with van der Waals surface area (Å²) in [5.41, 5.74) is 3.29. The molecule has 0 saturated carbocycles. The smallest absolute Gasteiger partial charge is 0.225 e. The first-order valence-corrected chi connectivity index (χ1v) is 13.0. The summed E-state index contributed by atoms with van der Waals surface area (Å²) in [6.07, 6.45) is 8.42. The summed E-state index contributed by atoms with van der Waals surface area (Å²) in [5, 5.41) is 0. The van der Waals surface area contributed by atoms with Crippen LogP contribution in [0, 0.1) is 12.8 Å². The number of aromatic nitrogens is 2. The van der Waals surface area contributed by atoms with Crippen molar-refractivity contribution in [3.8, 4) is 5.75 Å². The van der Waals surface area contributed by atoms with Crippen molar-refractivity contribution in [1.82, 2.24) is 14.3 Å². The Morgan fingerprint density at radius 2 is 1.94 bits per heavy atom. The van der Waals surface area contributed by atoms with E-state index in [0.717, 1.165) is 61.4 Å². The van der Waals surface area contributed by atoms with Crippen molar-refractivity contribution < 1.29 is 13.2 Å². The minimum absolute atomic E-state index is 0.459. The molecule has 2 aliphatic rings. The molecule has 1 saturated heterocycles. The SMILES string of the molecule is Cc1ccnc(N2CCC(CCCOc3ccc4c(c3)CCN(S(C)(=O)=O)C4)CC2)n1. The summed E-state index contributed by atoms with van der Waals surface area (Å²) < 4.78 is 31.1.